The summed E-state index contributed by atoms with van der Waals surface area (Å²) in [6, 6.07) is 5.22. The Morgan fingerprint density at radius 2 is 2.06 bits per heavy atom. The van der Waals surface area contributed by atoms with Crippen molar-refractivity contribution in [1.82, 2.24) is 0 Å². The first-order valence-corrected chi connectivity index (χ1v) is 5.47. The smallest absolute Gasteiger partial charge is 0.141 e. The highest BCUT2D eigenvalue weighted by molar-refractivity contribution is 6.39. The summed E-state index contributed by atoms with van der Waals surface area (Å²) >= 11 is 12.0. The quantitative estimate of drug-likeness (QED) is 0.338. The number of nitrogens with two attached hydrogens (primary N) is 1. The summed E-state index contributed by atoms with van der Waals surface area (Å²) in [5, 5.41) is 15.5. The Morgan fingerprint density at radius 1 is 1.50 bits per heavy atom. The summed E-state index contributed by atoms with van der Waals surface area (Å²) in [6.07, 6.45) is 0.401. The van der Waals surface area contributed by atoms with Crippen LogP contribution in [0.3, 0.4) is 0 Å². The van der Waals surface area contributed by atoms with Crippen molar-refractivity contribution in [2.24, 2.45) is 10.9 Å². The first-order valence-electron chi connectivity index (χ1n) is 4.71. The van der Waals surface area contributed by atoms with Crippen LogP contribution in [0.15, 0.2) is 23.4 Å². The summed E-state index contributed by atoms with van der Waals surface area (Å²) in [7, 11) is 0. The average molecular weight is 262 g/mol. The number of benzene rings is 1. The van der Waals surface area contributed by atoms with E-state index in [2.05, 4.69) is 10.5 Å². The predicted octanol–water partition coefficient (Wildman–Crippen LogP) is 2.93. The SMILES string of the molecule is CC(CC(N)=NO)Nc1c(Cl)cccc1Cl. The molecular formula is C10H13Cl2N3O. The van der Waals surface area contributed by atoms with Gasteiger partial charge in [-0.1, -0.05) is 34.4 Å². The van der Waals surface area contributed by atoms with Gasteiger partial charge in [0.25, 0.3) is 0 Å². The van der Waals surface area contributed by atoms with Crippen molar-refractivity contribution in [3.05, 3.63) is 28.2 Å². The van der Waals surface area contributed by atoms with E-state index in [1.54, 1.807) is 18.2 Å². The van der Waals surface area contributed by atoms with Crippen molar-refractivity contribution in [1.29, 1.82) is 0 Å². The van der Waals surface area contributed by atoms with Crippen LogP contribution in [-0.4, -0.2) is 17.1 Å². The standard InChI is InChI=1S/C10H13Cl2N3O/c1-6(5-9(13)15-16)14-10-7(11)3-2-4-8(10)12/h2-4,6,14,16H,5H2,1H3,(H2,13,15). The number of hydrogen-bond acceptors (Lipinski definition) is 3. The Bertz CT molecular complexity index is 375. The van der Waals surface area contributed by atoms with Gasteiger partial charge in [0.1, 0.15) is 5.84 Å². The van der Waals surface area contributed by atoms with Gasteiger partial charge >= 0.3 is 0 Å². The second-order valence-corrected chi connectivity index (χ2v) is 4.25. The van der Waals surface area contributed by atoms with Crippen LogP contribution in [0.1, 0.15) is 13.3 Å². The molecule has 88 valence electrons. The molecule has 0 aromatic heterocycles. The lowest BCUT2D eigenvalue weighted by Crippen LogP contribution is -2.24. The van der Waals surface area contributed by atoms with Crippen molar-refractivity contribution in [2.75, 3.05) is 5.32 Å². The van der Waals surface area contributed by atoms with Gasteiger partial charge in [-0.15, -0.1) is 0 Å². The van der Waals surface area contributed by atoms with Gasteiger partial charge in [-0.2, -0.15) is 0 Å². The fourth-order valence-electron chi connectivity index (χ4n) is 1.29. The third-order valence-corrected chi connectivity index (χ3v) is 2.63. The normalized spacial score (nSPS) is 13.6. The predicted molar refractivity (Wildman–Crippen MR) is 67.6 cm³/mol. The summed E-state index contributed by atoms with van der Waals surface area (Å²) in [5.41, 5.74) is 6.05. The third kappa shape index (κ3) is 3.47. The maximum atomic E-state index is 8.44. The Kier molecular flexibility index (Phi) is 4.71. The molecule has 6 heteroatoms. The highest BCUT2D eigenvalue weighted by Gasteiger charge is 2.10. The van der Waals surface area contributed by atoms with E-state index >= 15 is 0 Å². The zero-order chi connectivity index (χ0) is 12.1. The first-order chi connectivity index (χ1) is 7.54. The molecule has 1 aromatic rings. The number of hydrogen-bond donors (Lipinski definition) is 3. The molecule has 0 radical (unpaired) electrons. The number of amidine groups is 1. The van der Waals surface area contributed by atoms with Crippen molar-refractivity contribution in [3.63, 3.8) is 0 Å². The van der Waals surface area contributed by atoms with E-state index in [0.717, 1.165) is 0 Å². The van der Waals surface area contributed by atoms with Gasteiger partial charge in [0, 0.05) is 12.5 Å². The molecule has 0 fully saturated rings. The number of oxime groups is 1. The van der Waals surface area contributed by atoms with Gasteiger partial charge in [-0.25, -0.2) is 0 Å². The Hall–Kier alpha value is -1.13. The summed E-state index contributed by atoms with van der Waals surface area (Å²) < 4.78 is 0. The summed E-state index contributed by atoms with van der Waals surface area (Å²) in [5.74, 6) is 0.156. The van der Waals surface area contributed by atoms with Crippen LogP contribution in [0.2, 0.25) is 10.0 Å². The first kappa shape index (κ1) is 12.9. The van der Waals surface area contributed by atoms with Crippen LogP contribution in [0, 0.1) is 0 Å². The minimum absolute atomic E-state index is 0.0340. The molecular weight excluding hydrogens is 249 g/mol. The Labute approximate surface area is 104 Å². The molecule has 4 nitrogen and oxygen atoms in total. The molecule has 0 amide bonds. The average Bonchev–Trinajstić information content (AvgIpc) is 2.23. The maximum Gasteiger partial charge on any atom is 0.141 e. The van der Waals surface area contributed by atoms with Gasteiger partial charge in [0.2, 0.25) is 0 Å². The van der Waals surface area contributed by atoms with Crippen LogP contribution in [-0.2, 0) is 0 Å². The lowest BCUT2D eigenvalue weighted by Gasteiger charge is -2.16. The van der Waals surface area contributed by atoms with E-state index in [1.807, 2.05) is 6.92 Å². The van der Waals surface area contributed by atoms with E-state index in [1.165, 1.54) is 0 Å². The van der Waals surface area contributed by atoms with Crippen LogP contribution in [0.5, 0.6) is 0 Å². The zero-order valence-corrected chi connectivity index (χ0v) is 10.3. The van der Waals surface area contributed by atoms with Crippen molar-refractivity contribution in [3.8, 4) is 0 Å². The lowest BCUT2D eigenvalue weighted by molar-refractivity contribution is 0.316. The highest BCUT2D eigenvalue weighted by Crippen LogP contribution is 2.30. The molecule has 0 aliphatic carbocycles. The molecule has 1 rings (SSSR count). The number of rotatable bonds is 4. The van der Waals surface area contributed by atoms with Crippen LogP contribution in [0.4, 0.5) is 5.69 Å². The van der Waals surface area contributed by atoms with Crippen LogP contribution < -0.4 is 11.1 Å². The van der Waals surface area contributed by atoms with Crippen molar-refractivity contribution < 1.29 is 5.21 Å². The van der Waals surface area contributed by atoms with E-state index < -0.39 is 0 Å². The number of anilines is 1. The largest absolute Gasteiger partial charge is 0.409 e. The van der Waals surface area contributed by atoms with E-state index in [0.29, 0.717) is 22.2 Å². The number of nitrogens with zero attached hydrogens (tertiary/aromatic N) is 1. The highest BCUT2D eigenvalue weighted by atomic mass is 35.5. The van der Waals surface area contributed by atoms with E-state index in [-0.39, 0.29) is 11.9 Å². The van der Waals surface area contributed by atoms with E-state index in [9.17, 15) is 0 Å². The van der Waals surface area contributed by atoms with Gasteiger partial charge in [0.05, 0.1) is 15.7 Å². The third-order valence-electron chi connectivity index (χ3n) is 2.00. The molecule has 0 heterocycles. The molecule has 16 heavy (non-hydrogen) atoms. The minimum Gasteiger partial charge on any atom is -0.409 e. The summed E-state index contributed by atoms with van der Waals surface area (Å²) in [6.45, 7) is 1.89. The molecule has 0 saturated carbocycles. The number of para-hydroxylation sites is 1. The van der Waals surface area contributed by atoms with Gasteiger partial charge < -0.3 is 16.3 Å². The number of nitrogens with one attached hydrogen (secondary N) is 1. The van der Waals surface area contributed by atoms with Gasteiger partial charge in [-0.3, -0.25) is 0 Å². The lowest BCUT2D eigenvalue weighted by atomic mass is 10.2. The summed E-state index contributed by atoms with van der Waals surface area (Å²) in [4.78, 5) is 0. The fraction of sp³-hybridized carbons (Fsp3) is 0.300. The van der Waals surface area contributed by atoms with Gasteiger partial charge in [-0.05, 0) is 19.1 Å². The molecule has 0 aliphatic heterocycles. The molecule has 1 aromatic carbocycles. The molecule has 1 unspecified atom stereocenters. The Balaban J connectivity index is 2.73. The monoisotopic (exact) mass is 261 g/mol. The zero-order valence-electron chi connectivity index (χ0n) is 8.74. The van der Waals surface area contributed by atoms with Crippen LogP contribution >= 0.6 is 23.2 Å². The van der Waals surface area contributed by atoms with Crippen molar-refractivity contribution >= 4 is 34.7 Å². The minimum atomic E-state index is -0.0340. The molecule has 0 saturated heterocycles. The molecule has 1 atom stereocenters. The van der Waals surface area contributed by atoms with E-state index in [4.69, 9.17) is 34.1 Å². The number of halogens is 2. The maximum absolute atomic E-state index is 8.44. The molecule has 0 aliphatic rings. The van der Waals surface area contributed by atoms with Gasteiger partial charge in [0.15, 0.2) is 0 Å². The fourth-order valence-corrected chi connectivity index (χ4v) is 1.79. The second-order valence-electron chi connectivity index (χ2n) is 3.44. The molecule has 4 N–H and O–H groups in total. The second kappa shape index (κ2) is 5.82. The Morgan fingerprint density at radius 3 is 2.56 bits per heavy atom. The van der Waals surface area contributed by atoms with Crippen molar-refractivity contribution in [2.45, 2.75) is 19.4 Å². The molecule has 0 spiro atoms. The van der Waals surface area contributed by atoms with Crippen LogP contribution in [0.25, 0.3) is 0 Å². The molecule has 0 bridgehead atoms. The topological polar surface area (TPSA) is 70.6 Å².